The van der Waals surface area contributed by atoms with Gasteiger partial charge < -0.3 is 10.1 Å². The Morgan fingerprint density at radius 2 is 2.00 bits per heavy atom. The summed E-state index contributed by atoms with van der Waals surface area (Å²) in [6, 6.07) is 0.164. The molecule has 0 bridgehead atoms. The summed E-state index contributed by atoms with van der Waals surface area (Å²) in [5.74, 6) is 1.90. The standard InChI is InChI=1S/C12H25N5O/c1-9(2)6-13-11(4)12-14-15-16-17(12)7-10(3)8-18-5/h9-11,13H,6-8H2,1-5H3. The Morgan fingerprint density at radius 1 is 1.28 bits per heavy atom. The third-order valence-electron chi connectivity index (χ3n) is 2.71. The number of nitrogens with zero attached hydrogens (tertiary/aromatic N) is 4. The van der Waals surface area contributed by atoms with Crippen LogP contribution in [0.5, 0.6) is 0 Å². The fourth-order valence-electron chi connectivity index (χ4n) is 1.79. The van der Waals surface area contributed by atoms with E-state index in [1.54, 1.807) is 7.11 Å². The quantitative estimate of drug-likeness (QED) is 0.757. The molecule has 1 rings (SSSR count). The Balaban J connectivity index is 2.58. The molecule has 0 aromatic carbocycles. The van der Waals surface area contributed by atoms with E-state index in [-0.39, 0.29) is 6.04 Å². The summed E-state index contributed by atoms with van der Waals surface area (Å²) in [6.45, 7) is 11.0. The number of rotatable bonds is 8. The maximum atomic E-state index is 5.13. The van der Waals surface area contributed by atoms with Crippen LogP contribution in [0.25, 0.3) is 0 Å². The smallest absolute Gasteiger partial charge is 0.167 e. The zero-order valence-corrected chi connectivity index (χ0v) is 12.1. The highest BCUT2D eigenvalue weighted by atomic mass is 16.5. The molecular weight excluding hydrogens is 230 g/mol. The van der Waals surface area contributed by atoms with Crippen LogP contribution >= 0.6 is 0 Å². The van der Waals surface area contributed by atoms with Crippen molar-refractivity contribution in [3.05, 3.63) is 5.82 Å². The lowest BCUT2D eigenvalue weighted by Crippen LogP contribution is -2.27. The summed E-state index contributed by atoms with van der Waals surface area (Å²) in [5, 5.41) is 15.4. The van der Waals surface area contributed by atoms with Crippen LogP contribution in [0.2, 0.25) is 0 Å². The summed E-state index contributed by atoms with van der Waals surface area (Å²) in [6.07, 6.45) is 0. The minimum Gasteiger partial charge on any atom is -0.384 e. The molecule has 1 aromatic rings. The van der Waals surface area contributed by atoms with Crippen molar-refractivity contribution in [3.8, 4) is 0 Å². The van der Waals surface area contributed by atoms with Crippen LogP contribution in [0.4, 0.5) is 0 Å². The van der Waals surface area contributed by atoms with Gasteiger partial charge in [-0.3, -0.25) is 0 Å². The van der Waals surface area contributed by atoms with Crippen LogP contribution in [-0.4, -0.2) is 40.5 Å². The van der Waals surface area contributed by atoms with Crippen molar-refractivity contribution in [2.24, 2.45) is 11.8 Å². The van der Waals surface area contributed by atoms with Crippen LogP contribution < -0.4 is 5.32 Å². The van der Waals surface area contributed by atoms with Crippen LogP contribution in [0.1, 0.15) is 39.6 Å². The number of ether oxygens (including phenoxy) is 1. The van der Waals surface area contributed by atoms with Gasteiger partial charge in [-0.15, -0.1) is 5.10 Å². The van der Waals surface area contributed by atoms with Gasteiger partial charge in [-0.25, -0.2) is 4.68 Å². The van der Waals surface area contributed by atoms with Gasteiger partial charge in [-0.05, 0) is 35.7 Å². The van der Waals surface area contributed by atoms with Crippen molar-refractivity contribution >= 4 is 0 Å². The van der Waals surface area contributed by atoms with Crippen molar-refractivity contribution in [2.75, 3.05) is 20.3 Å². The second kappa shape index (κ2) is 7.43. The number of hydrogen-bond acceptors (Lipinski definition) is 5. The van der Waals surface area contributed by atoms with Crippen molar-refractivity contribution in [2.45, 2.75) is 40.3 Å². The highest BCUT2D eigenvalue weighted by Crippen LogP contribution is 2.10. The van der Waals surface area contributed by atoms with E-state index in [0.29, 0.717) is 18.4 Å². The van der Waals surface area contributed by atoms with Gasteiger partial charge in [-0.2, -0.15) is 0 Å². The second-order valence-electron chi connectivity index (χ2n) is 5.30. The third kappa shape index (κ3) is 4.70. The largest absolute Gasteiger partial charge is 0.384 e. The highest BCUT2D eigenvalue weighted by Gasteiger charge is 2.16. The van der Waals surface area contributed by atoms with Crippen LogP contribution in [0.3, 0.4) is 0 Å². The Hall–Kier alpha value is -1.01. The number of hydrogen-bond donors (Lipinski definition) is 1. The number of tetrazole rings is 1. The molecule has 1 heterocycles. The Labute approximate surface area is 109 Å². The Kier molecular flexibility index (Phi) is 6.21. The van der Waals surface area contributed by atoms with E-state index in [9.17, 15) is 0 Å². The van der Waals surface area contributed by atoms with Crippen molar-refractivity contribution in [1.82, 2.24) is 25.5 Å². The van der Waals surface area contributed by atoms with E-state index in [2.05, 4.69) is 48.5 Å². The van der Waals surface area contributed by atoms with Gasteiger partial charge >= 0.3 is 0 Å². The molecule has 0 fully saturated rings. The van der Waals surface area contributed by atoms with E-state index in [1.165, 1.54) is 0 Å². The first-order chi connectivity index (χ1) is 8.54. The van der Waals surface area contributed by atoms with Gasteiger partial charge in [0, 0.05) is 13.7 Å². The number of aromatic nitrogens is 4. The molecule has 0 spiro atoms. The molecule has 2 unspecified atom stereocenters. The molecule has 0 saturated carbocycles. The molecule has 0 radical (unpaired) electrons. The Bertz CT molecular complexity index is 339. The second-order valence-corrected chi connectivity index (χ2v) is 5.30. The molecule has 6 heteroatoms. The molecule has 0 aliphatic carbocycles. The molecule has 0 aliphatic rings. The van der Waals surface area contributed by atoms with Crippen molar-refractivity contribution in [3.63, 3.8) is 0 Å². The normalized spacial score (nSPS) is 15.0. The summed E-state index contributed by atoms with van der Waals surface area (Å²) in [4.78, 5) is 0. The minimum atomic E-state index is 0.164. The van der Waals surface area contributed by atoms with E-state index in [1.807, 2.05) is 4.68 Å². The van der Waals surface area contributed by atoms with E-state index in [4.69, 9.17) is 4.74 Å². The first-order valence-corrected chi connectivity index (χ1v) is 6.53. The summed E-state index contributed by atoms with van der Waals surface area (Å²) in [5.41, 5.74) is 0. The fraction of sp³-hybridized carbons (Fsp3) is 0.917. The molecule has 104 valence electrons. The topological polar surface area (TPSA) is 64.9 Å². The first-order valence-electron chi connectivity index (χ1n) is 6.53. The van der Waals surface area contributed by atoms with E-state index >= 15 is 0 Å². The minimum absolute atomic E-state index is 0.164. The van der Waals surface area contributed by atoms with Gasteiger partial charge in [0.05, 0.1) is 12.6 Å². The Morgan fingerprint density at radius 3 is 2.61 bits per heavy atom. The SMILES string of the molecule is COCC(C)Cn1nnnc1C(C)NCC(C)C. The van der Waals surface area contributed by atoms with Gasteiger partial charge in [0.2, 0.25) is 0 Å². The highest BCUT2D eigenvalue weighted by molar-refractivity contribution is 4.89. The molecular formula is C12H25N5O. The maximum Gasteiger partial charge on any atom is 0.167 e. The van der Waals surface area contributed by atoms with E-state index in [0.717, 1.165) is 18.9 Å². The predicted molar refractivity (Wildman–Crippen MR) is 70.1 cm³/mol. The maximum absolute atomic E-state index is 5.13. The molecule has 2 atom stereocenters. The summed E-state index contributed by atoms with van der Waals surface area (Å²) >= 11 is 0. The zero-order chi connectivity index (χ0) is 13.5. The lowest BCUT2D eigenvalue weighted by atomic mass is 10.2. The average molecular weight is 255 g/mol. The summed E-state index contributed by atoms with van der Waals surface area (Å²) in [7, 11) is 1.71. The molecule has 0 aliphatic heterocycles. The lowest BCUT2D eigenvalue weighted by molar-refractivity contribution is 0.148. The summed E-state index contributed by atoms with van der Waals surface area (Å²) < 4.78 is 7.00. The van der Waals surface area contributed by atoms with Crippen LogP contribution in [0, 0.1) is 11.8 Å². The third-order valence-corrected chi connectivity index (χ3v) is 2.71. The zero-order valence-electron chi connectivity index (χ0n) is 12.1. The number of nitrogens with one attached hydrogen (secondary N) is 1. The first kappa shape index (κ1) is 15.0. The molecule has 18 heavy (non-hydrogen) atoms. The fourth-order valence-corrected chi connectivity index (χ4v) is 1.79. The van der Waals surface area contributed by atoms with Gasteiger partial charge in [0.1, 0.15) is 0 Å². The van der Waals surface area contributed by atoms with Crippen LogP contribution in [0.15, 0.2) is 0 Å². The lowest BCUT2D eigenvalue weighted by Gasteiger charge is -2.16. The molecule has 0 saturated heterocycles. The van der Waals surface area contributed by atoms with Gasteiger partial charge in [0.25, 0.3) is 0 Å². The van der Waals surface area contributed by atoms with Gasteiger partial charge in [-0.1, -0.05) is 20.8 Å². The molecule has 6 nitrogen and oxygen atoms in total. The molecule has 1 aromatic heterocycles. The molecule has 0 amide bonds. The van der Waals surface area contributed by atoms with Crippen molar-refractivity contribution < 1.29 is 4.74 Å². The predicted octanol–water partition coefficient (Wildman–Crippen LogP) is 1.26. The van der Waals surface area contributed by atoms with Crippen LogP contribution in [-0.2, 0) is 11.3 Å². The monoisotopic (exact) mass is 255 g/mol. The van der Waals surface area contributed by atoms with E-state index < -0.39 is 0 Å². The van der Waals surface area contributed by atoms with Crippen molar-refractivity contribution in [1.29, 1.82) is 0 Å². The average Bonchev–Trinajstić information content (AvgIpc) is 2.74. The number of methoxy groups -OCH3 is 1. The van der Waals surface area contributed by atoms with Gasteiger partial charge in [0.15, 0.2) is 5.82 Å². The molecule has 1 N–H and O–H groups in total.